The number of amides is 1. The number of halogens is 1. The Bertz CT molecular complexity index is 1290. The van der Waals surface area contributed by atoms with Crippen LogP contribution in [-0.2, 0) is 6.42 Å². The highest BCUT2D eigenvalue weighted by Gasteiger charge is 2.15. The van der Waals surface area contributed by atoms with E-state index >= 15 is 0 Å². The zero-order chi connectivity index (χ0) is 22.0. The molecule has 8 nitrogen and oxygen atoms in total. The molecule has 0 saturated heterocycles. The van der Waals surface area contributed by atoms with Crippen LogP contribution in [-0.4, -0.2) is 37.9 Å². The fraction of sp³-hybridized carbons (Fsp3) is 0.150. The van der Waals surface area contributed by atoms with Crippen LogP contribution in [0.2, 0.25) is 0 Å². The smallest absolute Gasteiger partial charge is 0.261 e. The predicted octanol–water partition coefficient (Wildman–Crippen LogP) is 4.31. The van der Waals surface area contributed by atoms with E-state index in [2.05, 4.69) is 41.9 Å². The topological polar surface area (TPSA) is 93.4 Å². The van der Waals surface area contributed by atoms with E-state index < -0.39 is 0 Å². The number of methoxy groups -OCH3 is 1. The first-order valence-electron chi connectivity index (χ1n) is 9.26. The van der Waals surface area contributed by atoms with Gasteiger partial charge in [-0.3, -0.25) is 10.1 Å². The van der Waals surface area contributed by atoms with E-state index in [1.807, 2.05) is 31.2 Å². The Balaban J connectivity index is 1.49. The van der Waals surface area contributed by atoms with E-state index in [9.17, 15) is 4.79 Å². The van der Waals surface area contributed by atoms with E-state index in [0.29, 0.717) is 11.3 Å². The van der Waals surface area contributed by atoms with Gasteiger partial charge in [-0.05, 0) is 42.5 Å². The summed E-state index contributed by atoms with van der Waals surface area (Å²) in [6.07, 6.45) is 0.753. The third-order valence-electron chi connectivity index (χ3n) is 4.37. The van der Waals surface area contributed by atoms with Gasteiger partial charge in [0.15, 0.2) is 10.9 Å². The number of hydrogen-bond donors (Lipinski definition) is 2. The zero-order valence-electron chi connectivity index (χ0n) is 16.5. The highest BCUT2D eigenvalue weighted by atomic mass is 79.9. The van der Waals surface area contributed by atoms with Gasteiger partial charge < -0.3 is 10.1 Å². The Kier molecular flexibility index (Phi) is 6.25. The molecule has 2 aromatic heterocycles. The normalized spacial score (nSPS) is 10.8. The molecule has 2 heterocycles. The van der Waals surface area contributed by atoms with Crippen LogP contribution in [0.15, 0.2) is 46.9 Å². The van der Waals surface area contributed by atoms with Crippen LogP contribution in [0.1, 0.15) is 23.1 Å². The molecule has 0 aliphatic carbocycles. The average molecular weight is 517 g/mol. The first-order chi connectivity index (χ1) is 15.0. The van der Waals surface area contributed by atoms with Gasteiger partial charge in [-0.15, -0.1) is 10.2 Å². The highest BCUT2D eigenvalue weighted by molar-refractivity contribution is 9.10. The number of aromatic nitrogens is 4. The van der Waals surface area contributed by atoms with Crippen LogP contribution in [0.25, 0.3) is 15.5 Å². The molecule has 0 unspecified atom stereocenters. The molecule has 2 aromatic carbocycles. The second-order valence-electron chi connectivity index (χ2n) is 6.41. The minimum Gasteiger partial charge on any atom is -0.496 e. The van der Waals surface area contributed by atoms with E-state index in [-0.39, 0.29) is 11.0 Å². The fourth-order valence-electron chi connectivity index (χ4n) is 2.92. The SMILES string of the molecule is CCc1nnc2sc(-c3cccc(NC(=S)NC(=O)c4cc(Br)ccc4OC)c3)nn12. The van der Waals surface area contributed by atoms with Crippen molar-refractivity contribution in [3.63, 3.8) is 0 Å². The number of nitrogens with one attached hydrogen (secondary N) is 2. The van der Waals surface area contributed by atoms with E-state index in [4.69, 9.17) is 17.0 Å². The van der Waals surface area contributed by atoms with E-state index in [1.54, 1.807) is 22.7 Å². The summed E-state index contributed by atoms with van der Waals surface area (Å²) in [5.74, 6) is 0.909. The van der Waals surface area contributed by atoms with Gasteiger partial charge in [0.25, 0.3) is 5.91 Å². The molecule has 31 heavy (non-hydrogen) atoms. The second kappa shape index (κ2) is 9.08. The lowest BCUT2D eigenvalue weighted by Gasteiger charge is -2.12. The van der Waals surface area contributed by atoms with Gasteiger partial charge in [-0.2, -0.15) is 9.61 Å². The lowest BCUT2D eigenvalue weighted by molar-refractivity contribution is 0.0974. The molecule has 1 amide bonds. The summed E-state index contributed by atoms with van der Waals surface area (Å²) >= 11 is 10.1. The number of ether oxygens (including phenoxy) is 1. The van der Waals surface area contributed by atoms with Gasteiger partial charge in [0.1, 0.15) is 10.8 Å². The predicted molar refractivity (Wildman–Crippen MR) is 128 cm³/mol. The Labute approximate surface area is 195 Å². The third-order valence-corrected chi connectivity index (χ3v) is 6.02. The van der Waals surface area contributed by atoms with Gasteiger partial charge in [0, 0.05) is 22.1 Å². The highest BCUT2D eigenvalue weighted by Crippen LogP contribution is 2.27. The molecule has 0 spiro atoms. The molecule has 11 heteroatoms. The summed E-state index contributed by atoms with van der Waals surface area (Å²) in [5.41, 5.74) is 2.01. The summed E-state index contributed by atoms with van der Waals surface area (Å²) < 4.78 is 7.78. The molecule has 0 bridgehead atoms. The van der Waals surface area contributed by atoms with Gasteiger partial charge in [0.05, 0.1) is 12.7 Å². The van der Waals surface area contributed by atoms with E-state index in [0.717, 1.165) is 37.9 Å². The Morgan fingerprint density at radius 1 is 1.26 bits per heavy atom. The summed E-state index contributed by atoms with van der Waals surface area (Å²) in [7, 11) is 1.51. The van der Waals surface area contributed by atoms with Crippen molar-refractivity contribution in [3.05, 3.63) is 58.3 Å². The average Bonchev–Trinajstić information content (AvgIpc) is 3.34. The number of thiocarbonyl (C=S) groups is 1. The maximum atomic E-state index is 12.6. The molecule has 0 saturated carbocycles. The van der Waals surface area contributed by atoms with Crippen LogP contribution < -0.4 is 15.4 Å². The summed E-state index contributed by atoms with van der Waals surface area (Å²) in [6.45, 7) is 2.01. The quantitative estimate of drug-likeness (QED) is 0.381. The molecule has 2 N–H and O–H groups in total. The number of aryl methyl sites for hydroxylation is 1. The molecule has 0 aliphatic heterocycles. The van der Waals surface area contributed by atoms with Crippen molar-refractivity contribution in [2.45, 2.75) is 13.3 Å². The van der Waals surface area contributed by atoms with Crippen molar-refractivity contribution in [1.82, 2.24) is 25.1 Å². The molecule has 4 aromatic rings. The van der Waals surface area contributed by atoms with Gasteiger partial charge in [-0.1, -0.05) is 46.3 Å². The minimum absolute atomic E-state index is 0.176. The molecule has 4 rings (SSSR count). The summed E-state index contributed by atoms with van der Waals surface area (Å²) in [6, 6.07) is 12.8. The maximum Gasteiger partial charge on any atom is 0.261 e. The van der Waals surface area contributed by atoms with Crippen molar-refractivity contribution in [2.75, 3.05) is 12.4 Å². The number of carbonyl (C=O) groups excluding carboxylic acids is 1. The molecule has 158 valence electrons. The second-order valence-corrected chi connectivity index (χ2v) is 8.68. The van der Waals surface area contributed by atoms with Crippen LogP contribution >= 0.6 is 39.5 Å². The van der Waals surface area contributed by atoms with Gasteiger partial charge in [0.2, 0.25) is 4.96 Å². The first kappa shape index (κ1) is 21.3. The Morgan fingerprint density at radius 2 is 2.10 bits per heavy atom. The Morgan fingerprint density at radius 3 is 2.87 bits per heavy atom. The van der Waals surface area contributed by atoms with Crippen LogP contribution in [0, 0.1) is 0 Å². The van der Waals surface area contributed by atoms with Crippen LogP contribution in [0.4, 0.5) is 5.69 Å². The molecule has 0 fully saturated rings. The minimum atomic E-state index is -0.368. The van der Waals surface area contributed by atoms with Crippen molar-refractivity contribution >= 4 is 61.2 Å². The zero-order valence-corrected chi connectivity index (χ0v) is 19.8. The standard InChI is InChI=1S/C20H17BrN6O2S2/c1-3-16-24-25-20-27(16)26-18(31-20)11-5-4-6-13(9-11)22-19(30)23-17(28)14-10-12(21)7-8-15(14)29-2/h4-10H,3H2,1-2H3,(H2,22,23,28,30). The lowest BCUT2D eigenvalue weighted by atomic mass is 10.2. The van der Waals surface area contributed by atoms with Crippen molar-refractivity contribution in [2.24, 2.45) is 0 Å². The molecular weight excluding hydrogens is 500 g/mol. The largest absolute Gasteiger partial charge is 0.496 e. The lowest BCUT2D eigenvalue weighted by Crippen LogP contribution is -2.34. The van der Waals surface area contributed by atoms with Crippen LogP contribution in [0.3, 0.4) is 0 Å². The Hall–Kier alpha value is -2.89. The number of nitrogens with zero attached hydrogens (tertiary/aromatic N) is 4. The molecule has 0 radical (unpaired) electrons. The van der Waals surface area contributed by atoms with Crippen molar-refractivity contribution in [1.29, 1.82) is 0 Å². The van der Waals surface area contributed by atoms with Crippen molar-refractivity contribution < 1.29 is 9.53 Å². The first-order valence-corrected chi connectivity index (χ1v) is 11.3. The van der Waals surface area contributed by atoms with Gasteiger partial charge >= 0.3 is 0 Å². The summed E-state index contributed by atoms with van der Waals surface area (Å²) in [5, 5.41) is 19.6. The summed E-state index contributed by atoms with van der Waals surface area (Å²) in [4.78, 5) is 13.4. The number of carbonyl (C=O) groups is 1. The number of fused-ring (bicyclic) bond motifs is 1. The van der Waals surface area contributed by atoms with Crippen LogP contribution in [0.5, 0.6) is 5.75 Å². The van der Waals surface area contributed by atoms with Gasteiger partial charge in [-0.25, -0.2) is 0 Å². The molecular formula is C20H17BrN6O2S2. The third kappa shape index (κ3) is 4.58. The number of benzene rings is 2. The fourth-order valence-corrected chi connectivity index (χ4v) is 4.34. The maximum absolute atomic E-state index is 12.6. The number of rotatable bonds is 5. The number of anilines is 1. The molecule has 0 atom stereocenters. The number of hydrogen-bond acceptors (Lipinski definition) is 7. The molecule has 0 aliphatic rings. The van der Waals surface area contributed by atoms with E-state index in [1.165, 1.54) is 18.4 Å². The monoisotopic (exact) mass is 516 g/mol. The van der Waals surface area contributed by atoms with Crippen molar-refractivity contribution in [3.8, 4) is 16.3 Å².